The molecule has 1 aliphatic carbocycles. The molecule has 2 unspecified atom stereocenters. The molecule has 0 saturated heterocycles. The molecule has 100 valence electrons. The highest BCUT2D eigenvalue weighted by atomic mass is 16.5. The van der Waals surface area contributed by atoms with Gasteiger partial charge in [0.2, 0.25) is 11.7 Å². The predicted octanol–water partition coefficient (Wildman–Crippen LogP) is 2.42. The van der Waals surface area contributed by atoms with E-state index >= 15 is 0 Å². The summed E-state index contributed by atoms with van der Waals surface area (Å²) in [6.07, 6.45) is 4.24. The Morgan fingerprint density at radius 2 is 2.16 bits per heavy atom. The highest BCUT2D eigenvalue weighted by Crippen LogP contribution is 2.31. The molecule has 2 aromatic heterocycles. The molecule has 0 radical (unpaired) electrons. The van der Waals surface area contributed by atoms with Gasteiger partial charge in [-0.05, 0) is 38.3 Å². The predicted molar refractivity (Wildman–Crippen MR) is 71.5 cm³/mol. The molecule has 0 bridgehead atoms. The van der Waals surface area contributed by atoms with E-state index in [1.165, 1.54) is 0 Å². The summed E-state index contributed by atoms with van der Waals surface area (Å²) in [5, 5.41) is 4.04. The molecule has 3 rings (SSSR count). The molecule has 5 heteroatoms. The molecular formula is C14H18N4O. The summed E-state index contributed by atoms with van der Waals surface area (Å²) < 4.78 is 5.39. The second-order valence-electron chi connectivity index (χ2n) is 5.24. The number of nitrogens with zero attached hydrogens (tertiary/aromatic N) is 3. The monoisotopic (exact) mass is 258 g/mol. The van der Waals surface area contributed by atoms with Crippen LogP contribution >= 0.6 is 0 Å². The molecule has 2 atom stereocenters. The van der Waals surface area contributed by atoms with E-state index < -0.39 is 0 Å². The largest absolute Gasteiger partial charge is 0.339 e. The number of aromatic nitrogens is 3. The van der Waals surface area contributed by atoms with E-state index in [4.69, 9.17) is 10.3 Å². The first-order valence-electron chi connectivity index (χ1n) is 6.75. The fourth-order valence-corrected chi connectivity index (χ4v) is 2.62. The van der Waals surface area contributed by atoms with E-state index in [0.29, 0.717) is 17.6 Å². The van der Waals surface area contributed by atoms with Crippen LogP contribution in [0, 0.1) is 6.92 Å². The van der Waals surface area contributed by atoms with Crippen LogP contribution in [0.4, 0.5) is 0 Å². The molecule has 2 N–H and O–H groups in total. The van der Waals surface area contributed by atoms with Gasteiger partial charge in [0.15, 0.2) is 0 Å². The lowest BCUT2D eigenvalue weighted by Crippen LogP contribution is -2.26. The first kappa shape index (κ1) is 12.3. The van der Waals surface area contributed by atoms with Crippen molar-refractivity contribution in [3.05, 3.63) is 29.8 Å². The quantitative estimate of drug-likeness (QED) is 0.895. The molecule has 1 saturated carbocycles. The van der Waals surface area contributed by atoms with Crippen LogP contribution in [0.2, 0.25) is 0 Å². The molecule has 2 heterocycles. The van der Waals surface area contributed by atoms with Crippen molar-refractivity contribution in [2.75, 3.05) is 0 Å². The summed E-state index contributed by atoms with van der Waals surface area (Å²) in [6.45, 7) is 1.95. The standard InChI is InChI=1S/C14H18N4O/c1-9-4-2-7-12(16-9)13-17-14(19-18-13)10-5-3-6-11(15)8-10/h2,4,7,10-11H,3,5-6,8,15H2,1H3. The second kappa shape index (κ2) is 5.09. The summed E-state index contributed by atoms with van der Waals surface area (Å²) in [4.78, 5) is 8.89. The molecule has 1 fully saturated rings. The van der Waals surface area contributed by atoms with Gasteiger partial charge in [-0.15, -0.1) is 0 Å². The average Bonchev–Trinajstić information content (AvgIpc) is 2.88. The Balaban J connectivity index is 1.83. The normalized spacial score (nSPS) is 23.5. The molecule has 0 amide bonds. The minimum absolute atomic E-state index is 0.256. The van der Waals surface area contributed by atoms with E-state index in [1.807, 2.05) is 25.1 Å². The van der Waals surface area contributed by atoms with Gasteiger partial charge in [-0.2, -0.15) is 4.98 Å². The number of hydrogen-bond acceptors (Lipinski definition) is 5. The van der Waals surface area contributed by atoms with Crippen LogP contribution in [0.15, 0.2) is 22.7 Å². The van der Waals surface area contributed by atoms with Gasteiger partial charge in [0.05, 0.1) is 0 Å². The van der Waals surface area contributed by atoms with E-state index in [1.54, 1.807) is 0 Å². The summed E-state index contributed by atoms with van der Waals surface area (Å²) in [5.74, 6) is 1.57. The van der Waals surface area contributed by atoms with Crippen molar-refractivity contribution in [1.29, 1.82) is 0 Å². The lowest BCUT2D eigenvalue weighted by atomic mass is 9.86. The van der Waals surface area contributed by atoms with Crippen molar-refractivity contribution in [2.45, 2.75) is 44.6 Å². The number of aryl methyl sites for hydroxylation is 1. The SMILES string of the molecule is Cc1cccc(-c2noc(C3CCCC(N)C3)n2)n1. The molecule has 2 aromatic rings. The number of hydrogen-bond donors (Lipinski definition) is 1. The van der Waals surface area contributed by atoms with Crippen molar-refractivity contribution in [3.8, 4) is 11.5 Å². The number of nitrogens with two attached hydrogens (primary N) is 1. The summed E-state index contributed by atoms with van der Waals surface area (Å²) >= 11 is 0. The van der Waals surface area contributed by atoms with Gasteiger partial charge in [-0.1, -0.05) is 17.6 Å². The van der Waals surface area contributed by atoms with Crippen LogP contribution in [0.3, 0.4) is 0 Å². The topological polar surface area (TPSA) is 77.8 Å². The third kappa shape index (κ3) is 2.66. The van der Waals surface area contributed by atoms with Crippen molar-refractivity contribution in [1.82, 2.24) is 15.1 Å². The maximum atomic E-state index is 6.00. The molecule has 1 aliphatic rings. The van der Waals surface area contributed by atoms with Gasteiger partial charge in [-0.25, -0.2) is 4.98 Å². The Morgan fingerprint density at radius 1 is 1.26 bits per heavy atom. The Kier molecular flexibility index (Phi) is 3.29. The lowest BCUT2D eigenvalue weighted by Gasteiger charge is -2.23. The Bertz CT molecular complexity index is 566. The number of pyridine rings is 1. The smallest absolute Gasteiger partial charge is 0.230 e. The van der Waals surface area contributed by atoms with Crippen molar-refractivity contribution in [3.63, 3.8) is 0 Å². The van der Waals surface area contributed by atoms with Gasteiger partial charge in [0.25, 0.3) is 0 Å². The molecule has 0 aromatic carbocycles. The van der Waals surface area contributed by atoms with Gasteiger partial charge < -0.3 is 10.3 Å². The molecule has 19 heavy (non-hydrogen) atoms. The third-order valence-corrected chi connectivity index (χ3v) is 3.62. The lowest BCUT2D eigenvalue weighted by molar-refractivity contribution is 0.299. The van der Waals surface area contributed by atoms with Gasteiger partial charge in [0.1, 0.15) is 5.69 Å². The zero-order valence-electron chi connectivity index (χ0n) is 11.0. The molecule has 0 spiro atoms. The average molecular weight is 258 g/mol. The third-order valence-electron chi connectivity index (χ3n) is 3.62. The van der Waals surface area contributed by atoms with Crippen LogP contribution in [-0.2, 0) is 0 Å². The van der Waals surface area contributed by atoms with E-state index in [-0.39, 0.29) is 6.04 Å². The van der Waals surface area contributed by atoms with E-state index in [0.717, 1.165) is 37.1 Å². The fraction of sp³-hybridized carbons (Fsp3) is 0.500. The summed E-state index contributed by atoms with van der Waals surface area (Å²) in [7, 11) is 0. The van der Waals surface area contributed by atoms with Gasteiger partial charge in [-0.3, -0.25) is 0 Å². The fourth-order valence-electron chi connectivity index (χ4n) is 2.62. The minimum Gasteiger partial charge on any atom is -0.339 e. The first-order valence-corrected chi connectivity index (χ1v) is 6.75. The van der Waals surface area contributed by atoms with Crippen LogP contribution in [0.25, 0.3) is 11.5 Å². The number of rotatable bonds is 2. The minimum atomic E-state index is 0.256. The van der Waals surface area contributed by atoms with Gasteiger partial charge in [0, 0.05) is 17.7 Å². The highest BCUT2D eigenvalue weighted by Gasteiger charge is 2.25. The van der Waals surface area contributed by atoms with Crippen molar-refractivity contribution in [2.24, 2.45) is 5.73 Å². The first-order chi connectivity index (χ1) is 9.22. The van der Waals surface area contributed by atoms with Crippen LogP contribution in [-0.4, -0.2) is 21.2 Å². The van der Waals surface area contributed by atoms with Crippen LogP contribution in [0.5, 0.6) is 0 Å². The van der Waals surface area contributed by atoms with Crippen LogP contribution < -0.4 is 5.73 Å². The van der Waals surface area contributed by atoms with Crippen LogP contribution in [0.1, 0.15) is 43.2 Å². The van der Waals surface area contributed by atoms with E-state index in [2.05, 4.69) is 15.1 Å². The summed E-state index contributed by atoms with van der Waals surface area (Å²) in [5.41, 5.74) is 7.71. The molecule has 0 aliphatic heterocycles. The van der Waals surface area contributed by atoms with Crippen molar-refractivity contribution < 1.29 is 4.52 Å². The maximum absolute atomic E-state index is 6.00. The van der Waals surface area contributed by atoms with Crippen molar-refractivity contribution >= 4 is 0 Å². The zero-order valence-corrected chi connectivity index (χ0v) is 11.0. The van der Waals surface area contributed by atoms with E-state index in [9.17, 15) is 0 Å². The maximum Gasteiger partial charge on any atom is 0.230 e. The molecular weight excluding hydrogens is 240 g/mol. The Hall–Kier alpha value is -1.75. The Morgan fingerprint density at radius 3 is 2.95 bits per heavy atom. The zero-order chi connectivity index (χ0) is 13.2. The molecule has 5 nitrogen and oxygen atoms in total. The Labute approximate surface area is 112 Å². The second-order valence-corrected chi connectivity index (χ2v) is 5.24. The summed E-state index contributed by atoms with van der Waals surface area (Å²) in [6, 6.07) is 6.05. The van der Waals surface area contributed by atoms with Gasteiger partial charge >= 0.3 is 0 Å². The highest BCUT2D eigenvalue weighted by molar-refractivity contribution is 5.48.